The van der Waals surface area contributed by atoms with Crippen LogP contribution in [0.5, 0.6) is 0 Å². The van der Waals surface area contributed by atoms with E-state index in [0.717, 1.165) is 31.7 Å². The second kappa shape index (κ2) is 6.80. The molecule has 1 N–H and O–H groups in total. The van der Waals surface area contributed by atoms with Gasteiger partial charge in [-0.15, -0.1) is 0 Å². The number of carbonyl (C=O) groups is 2. The van der Waals surface area contributed by atoms with Gasteiger partial charge in [0.1, 0.15) is 6.04 Å². The van der Waals surface area contributed by atoms with Crippen molar-refractivity contribution < 1.29 is 14.3 Å². The maximum atomic E-state index is 12.9. The Morgan fingerprint density at radius 2 is 2.10 bits per heavy atom. The number of hydrogen-bond donors (Lipinski definition) is 1. The number of nitrogens with one attached hydrogen (secondary N) is 1. The summed E-state index contributed by atoms with van der Waals surface area (Å²) in [5, 5.41) is 3.29. The van der Waals surface area contributed by atoms with Gasteiger partial charge in [0.2, 0.25) is 5.91 Å². The van der Waals surface area contributed by atoms with Crippen molar-refractivity contribution in [2.24, 2.45) is 5.41 Å². The minimum absolute atomic E-state index is 0.123. The van der Waals surface area contributed by atoms with Crippen LogP contribution < -0.4 is 5.32 Å². The van der Waals surface area contributed by atoms with Gasteiger partial charge >= 0.3 is 5.97 Å². The number of nitrogens with zero attached hydrogens (tertiary/aromatic N) is 1. The molecule has 2 aliphatic rings. The molecule has 2 fully saturated rings. The molecule has 0 saturated carbocycles. The van der Waals surface area contributed by atoms with Gasteiger partial charge in [0.25, 0.3) is 0 Å². The zero-order chi connectivity index (χ0) is 14.6. The van der Waals surface area contributed by atoms with Crippen LogP contribution >= 0.6 is 11.8 Å². The Balaban J connectivity index is 2.10. The van der Waals surface area contributed by atoms with Gasteiger partial charge < -0.3 is 15.0 Å². The molecule has 2 aliphatic heterocycles. The molecule has 0 bridgehead atoms. The van der Waals surface area contributed by atoms with Crippen molar-refractivity contribution in [2.45, 2.75) is 32.7 Å². The van der Waals surface area contributed by atoms with Crippen LogP contribution in [-0.4, -0.2) is 60.6 Å². The second-order valence-corrected chi connectivity index (χ2v) is 6.80. The van der Waals surface area contributed by atoms with Crippen LogP contribution in [0.25, 0.3) is 0 Å². The van der Waals surface area contributed by atoms with E-state index in [0.29, 0.717) is 18.9 Å². The first kappa shape index (κ1) is 15.6. The van der Waals surface area contributed by atoms with Crippen LogP contribution in [0.4, 0.5) is 0 Å². The van der Waals surface area contributed by atoms with Crippen LogP contribution in [0.2, 0.25) is 0 Å². The minimum atomic E-state index is -0.409. The number of hydrogen-bond acceptors (Lipinski definition) is 5. The Kier molecular flexibility index (Phi) is 5.32. The molecule has 0 aromatic heterocycles. The molecule has 1 unspecified atom stereocenters. The van der Waals surface area contributed by atoms with Gasteiger partial charge in [0.15, 0.2) is 0 Å². The summed E-state index contributed by atoms with van der Waals surface area (Å²) in [5.41, 5.74) is -0.335. The molecule has 0 radical (unpaired) electrons. The first-order valence-electron chi connectivity index (χ1n) is 7.34. The molecule has 0 aromatic carbocycles. The number of piperidine rings is 1. The Hall–Kier alpha value is -0.750. The van der Waals surface area contributed by atoms with E-state index in [9.17, 15) is 9.59 Å². The number of thioether (sulfide) groups is 1. The van der Waals surface area contributed by atoms with Gasteiger partial charge in [0.05, 0.1) is 6.61 Å². The van der Waals surface area contributed by atoms with E-state index in [4.69, 9.17) is 4.74 Å². The largest absolute Gasteiger partial charge is 0.464 e. The summed E-state index contributed by atoms with van der Waals surface area (Å²) in [6.07, 6.45) is 1.68. The third-order valence-corrected chi connectivity index (χ3v) is 5.19. The molecule has 20 heavy (non-hydrogen) atoms. The quantitative estimate of drug-likeness (QED) is 0.784. The van der Waals surface area contributed by atoms with Crippen LogP contribution in [0, 0.1) is 5.41 Å². The smallest absolute Gasteiger partial charge is 0.329 e. The number of amides is 1. The maximum absolute atomic E-state index is 12.9. The monoisotopic (exact) mass is 300 g/mol. The molecule has 5 nitrogen and oxygen atoms in total. The number of carbonyl (C=O) groups excluding carboxylic acids is 2. The summed E-state index contributed by atoms with van der Waals surface area (Å²) < 4.78 is 5.12. The number of ether oxygens (including phenoxy) is 1. The van der Waals surface area contributed by atoms with E-state index in [1.807, 2.05) is 6.92 Å². The van der Waals surface area contributed by atoms with Crippen LogP contribution in [0.1, 0.15) is 26.7 Å². The van der Waals surface area contributed by atoms with Crippen molar-refractivity contribution in [3.8, 4) is 0 Å². The molecule has 0 aromatic rings. The lowest BCUT2D eigenvalue weighted by molar-refractivity contribution is -0.158. The first-order valence-corrected chi connectivity index (χ1v) is 8.50. The van der Waals surface area contributed by atoms with Crippen molar-refractivity contribution in [3.05, 3.63) is 0 Å². The summed E-state index contributed by atoms with van der Waals surface area (Å²) >= 11 is 1.72. The highest BCUT2D eigenvalue weighted by atomic mass is 32.2. The lowest BCUT2D eigenvalue weighted by Crippen LogP contribution is -2.56. The zero-order valence-electron chi connectivity index (χ0n) is 12.3. The fraction of sp³-hybridized carbons (Fsp3) is 0.857. The minimum Gasteiger partial charge on any atom is -0.464 e. The summed E-state index contributed by atoms with van der Waals surface area (Å²) in [6, 6.07) is -0.409. The average molecular weight is 300 g/mol. The first-order chi connectivity index (χ1) is 9.58. The van der Waals surface area contributed by atoms with Crippen LogP contribution in [0.3, 0.4) is 0 Å². The van der Waals surface area contributed by atoms with Gasteiger partial charge in [-0.1, -0.05) is 6.92 Å². The van der Waals surface area contributed by atoms with Crippen molar-refractivity contribution in [1.29, 1.82) is 0 Å². The fourth-order valence-electron chi connectivity index (χ4n) is 2.82. The highest BCUT2D eigenvalue weighted by Crippen LogP contribution is 2.32. The SMILES string of the molecule is CCOC(=O)C1CSCCN1C(=O)C1(C)CCNCC1. The van der Waals surface area contributed by atoms with E-state index in [1.165, 1.54) is 0 Å². The molecule has 1 atom stereocenters. The zero-order valence-corrected chi connectivity index (χ0v) is 13.1. The highest BCUT2D eigenvalue weighted by Gasteiger charge is 2.42. The Bertz CT molecular complexity index is 369. The average Bonchev–Trinajstić information content (AvgIpc) is 2.47. The molecule has 0 spiro atoms. The van der Waals surface area contributed by atoms with E-state index in [2.05, 4.69) is 5.32 Å². The highest BCUT2D eigenvalue weighted by molar-refractivity contribution is 7.99. The van der Waals surface area contributed by atoms with Crippen LogP contribution in [-0.2, 0) is 14.3 Å². The number of rotatable bonds is 3. The standard InChI is InChI=1S/C14H24N2O3S/c1-3-19-12(17)11-10-20-9-8-16(11)13(18)14(2)4-6-15-7-5-14/h11,15H,3-10H2,1-2H3. The third kappa shape index (κ3) is 3.28. The molecule has 2 heterocycles. The summed E-state index contributed by atoms with van der Waals surface area (Å²) in [7, 11) is 0. The summed E-state index contributed by atoms with van der Waals surface area (Å²) in [5.74, 6) is 1.41. The van der Waals surface area contributed by atoms with E-state index < -0.39 is 6.04 Å². The molecule has 0 aliphatic carbocycles. The third-order valence-electron chi connectivity index (χ3n) is 4.17. The lowest BCUT2D eigenvalue weighted by Gasteiger charge is -2.41. The Morgan fingerprint density at radius 3 is 2.75 bits per heavy atom. The van der Waals surface area contributed by atoms with E-state index >= 15 is 0 Å². The van der Waals surface area contributed by atoms with Gasteiger partial charge in [0, 0.05) is 23.5 Å². The van der Waals surface area contributed by atoms with Crippen molar-refractivity contribution >= 4 is 23.6 Å². The second-order valence-electron chi connectivity index (χ2n) is 5.65. The molecule has 114 valence electrons. The van der Waals surface area contributed by atoms with Gasteiger partial charge in [-0.05, 0) is 32.9 Å². The lowest BCUT2D eigenvalue weighted by atomic mass is 9.79. The maximum Gasteiger partial charge on any atom is 0.329 e. The summed E-state index contributed by atoms with van der Waals surface area (Å²) in [6.45, 7) is 6.58. The predicted octanol–water partition coefficient (Wildman–Crippen LogP) is 0.883. The van der Waals surface area contributed by atoms with Gasteiger partial charge in [-0.3, -0.25) is 4.79 Å². The van der Waals surface area contributed by atoms with Gasteiger partial charge in [-0.25, -0.2) is 4.79 Å². The fourth-order valence-corrected chi connectivity index (χ4v) is 3.85. The molecule has 2 saturated heterocycles. The predicted molar refractivity (Wildman–Crippen MR) is 79.7 cm³/mol. The molecule has 6 heteroatoms. The topological polar surface area (TPSA) is 58.6 Å². The molecule has 2 rings (SSSR count). The molecular weight excluding hydrogens is 276 g/mol. The molecule has 1 amide bonds. The Morgan fingerprint density at radius 1 is 1.40 bits per heavy atom. The van der Waals surface area contributed by atoms with Gasteiger partial charge in [-0.2, -0.15) is 11.8 Å². The van der Waals surface area contributed by atoms with Crippen molar-refractivity contribution in [2.75, 3.05) is 37.7 Å². The summed E-state index contributed by atoms with van der Waals surface area (Å²) in [4.78, 5) is 26.7. The van der Waals surface area contributed by atoms with E-state index in [1.54, 1.807) is 23.6 Å². The van der Waals surface area contributed by atoms with Crippen molar-refractivity contribution in [1.82, 2.24) is 10.2 Å². The number of esters is 1. The van der Waals surface area contributed by atoms with E-state index in [-0.39, 0.29) is 17.3 Å². The van der Waals surface area contributed by atoms with Crippen molar-refractivity contribution in [3.63, 3.8) is 0 Å². The normalized spacial score (nSPS) is 26.1. The van der Waals surface area contributed by atoms with Crippen LogP contribution in [0.15, 0.2) is 0 Å². The molecular formula is C14H24N2O3S. The Labute approximate surface area is 124 Å².